The highest BCUT2D eigenvalue weighted by Gasteiger charge is 2.35. The molecule has 1 saturated carbocycles. The fourth-order valence-electron chi connectivity index (χ4n) is 3.15. The number of nitrogens with zero attached hydrogens (tertiary/aromatic N) is 3. The van der Waals surface area contributed by atoms with E-state index in [2.05, 4.69) is 15.2 Å². The first-order valence-electron chi connectivity index (χ1n) is 8.06. The van der Waals surface area contributed by atoms with E-state index in [1.165, 1.54) is 12.8 Å². The van der Waals surface area contributed by atoms with Crippen molar-refractivity contribution in [2.24, 2.45) is 0 Å². The van der Waals surface area contributed by atoms with Gasteiger partial charge in [0.2, 0.25) is 5.91 Å². The number of nitrogens with one attached hydrogen (secondary N) is 1. The van der Waals surface area contributed by atoms with E-state index in [-0.39, 0.29) is 11.8 Å². The largest absolute Gasteiger partial charge is 0.496 e. The van der Waals surface area contributed by atoms with Crippen LogP contribution in [0.5, 0.6) is 5.75 Å². The Balaban J connectivity index is 1.47. The van der Waals surface area contributed by atoms with Gasteiger partial charge < -0.3 is 9.64 Å². The smallest absolute Gasteiger partial charge is 0.223 e. The molecule has 23 heavy (non-hydrogen) atoms. The number of carbonyl (C=O) groups excluding carboxylic acids is 1. The molecule has 6 nitrogen and oxygen atoms in total. The van der Waals surface area contributed by atoms with Crippen molar-refractivity contribution < 1.29 is 9.53 Å². The molecule has 6 heteroatoms. The Bertz CT molecular complexity index is 723. The zero-order valence-corrected chi connectivity index (χ0v) is 13.2. The predicted molar refractivity (Wildman–Crippen MR) is 84.1 cm³/mol. The summed E-state index contributed by atoms with van der Waals surface area (Å²) in [4.78, 5) is 18.8. The van der Waals surface area contributed by atoms with Gasteiger partial charge in [-0.15, -0.1) is 0 Å². The number of hydrogen-bond donors (Lipinski definition) is 1. The highest BCUT2D eigenvalue weighted by molar-refractivity contribution is 5.79. The number of amides is 1. The fraction of sp³-hybridized carbons (Fsp3) is 0.471. The minimum atomic E-state index is 0.0842. The SMILES string of the molecule is COc1ccccc1CN1CC(c2n[nH]c(C3CC3)n2)CC1=O. The molecule has 1 aromatic carbocycles. The van der Waals surface area contributed by atoms with Crippen molar-refractivity contribution in [1.82, 2.24) is 20.1 Å². The Hall–Kier alpha value is -2.37. The van der Waals surface area contributed by atoms with Crippen LogP contribution in [0.1, 0.15) is 48.3 Å². The van der Waals surface area contributed by atoms with Gasteiger partial charge >= 0.3 is 0 Å². The number of aromatic nitrogens is 3. The van der Waals surface area contributed by atoms with Crippen LogP contribution in [0.2, 0.25) is 0 Å². The monoisotopic (exact) mass is 312 g/mol. The number of carbonyl (C=O) groups is 1. The topological polar surface area (TPSA) is 71.1 Å². The van der Waals surface area contributed by atoms with Crippen LogP contribution >= 0.6 is 0 Å². The molecule has 2 aromatic rings. The summed E-state index contributed by atoms with van der Waals surface area (Å²) in [5, 5.41) is 7.36. The van der Waals surface area contributed by atoms with E-state index in [0.29, 0.717) is 25.4 Å². The van der Waals surface area contributed by atoms with Gasteiger partial charge in [-0.05, 0) is 18.9 Å². The molecule has 1 unspecified atom stereocenters. The van der Waals surface area contributed by atoms with Gasteiger partial charge in [-0.1, -0.05) is 18.2 Å². The van der Waals surface area contributed by atoms with Crippen molar-refractivity contribution in [3.63, 3.8) is 0 Å². The molecule has 120 valence electrons. The normalized spacial score (nSPS) is 21.0. The molecule has 1 atom stereocenters. The zero-order valence-electron chi connectivity index (χ0n) is 13.2. The van der Waals surface area contributed by atoms with E-state index >= 15 is 0 Å². The number of benzene rings is 1. The van der Waals surface area contributed by atoms with Gasteiger partial charge in [-0.25, -0.2) is 4.98 Å². The highest BCUT2D eigenvalue weighted by Crippen LogP contribution is 2.38. The molecule has 4 rings (SSSR count). The molecule has 1 aliphatic heterocycles. The van der Waals surface area contributed by atoms with Gasteiger partial charge in [-0.2, -0.15) is 5.10 Å². The molecule has 0 spiro atoms. The van der Waals surface area contributed by atoms with E-state index in [9.17, 15) is 4.79 Å². The quantitative estimate of drug-likeness (QED) is 0.919. The average Bonchev–Trinajstić information content (AvgIpc) is 3.19. The van der Waals surface area contributed by atoms with Gasteiger partial charge in [0, 0.05) is 36.9 Å². The van der Waals surface area contributed by atoms with Crippen LogP contribution in [0.25, 0.3) is 0 Å². The maximum absolute atomic E-state index is 12.3. The number of likely N-dealkylation sites (tertiary alicyclic amines) is 1. The summed E-state index contributed by atoms with van der Waals surface area (Å²) in [6.45, 7) is 1.23. The van der Waals surface area contributed by atoms with Crippen molar-refractivity contribution in [2.75, 3.05) is 13.7 Å². The molecule has 1 aromatic heterocycles. The fourth-order valence-corrected chi connectivity index (χ4v) is 3.15. The first-order valence-corrected chi connectivity index (χ1v) is 8.06. The van der Waals surface area contributed by atoms with Crippen LogP contribution in [0, 0.1) is 0 Å². The summed E-state index contributed by atoms with van der Waals surface area (Å²) in [6.07, 6.45) is 2.87. The van der Waals surface area contributed by atoms with Crippen LogP contribution in [0.15, 0.2) is 24.3 Å². The summed E-state index contributed by atoms with van der Waals surface area (Å²) in [6, 6.07) is 7.82. The first kappa shape index (κ1) is 14.2. The average molecular weight is 312 g/mol. The Labute approximate surface area is 134 Å². The zero-order chi connectivity index (χ0) is 15.8. The summed E-state index contributed by atoms with van der Waals surface area (Å²) in [5.41, 5.74) is 1.03. The molecule has 2 aliphatic rings. The van der Waals surface area contributed by atoms with Gasteiger partial charge in [0.15, 0.2) is 5.82 Å². The van der Waals surface area contributed by atoms with E-state index in [1.807, 2.05) is 29.2 Å². The van der Waals surface area contributed by atoms with Gasteiger partial charge in [-0.3, -0.25) is 9.89 Å². The second-order valence-corrected chi connectivity index (χ2v) is 6.34. The van der Waals surface area contributed by atoms with Crippen molar-refractivity contribution in [2.45, 2.75) is 37.6 Å². The second-order valence-electron chi connectivity index (χ2n) is 6.34. The van der Waals surface area contributed by atoms with Crippen molar-refractivity contribution >= 4 is 5.91 Å². The second kappa shape index (κ2) is 5.68. The molecule has 0 bridgehead atoms. The summed E-state index contributed by atoms with van der Waals surface area (Å²) in [5.74, 6) is 3.37. The van der Waals surface area contributed by atoms with E-state index in [4.69, 9.17) is 4.74 Å². The lowest BCUT2D eigenvalue weighted by molar-refractivity contribution is -0.128. The summed E-state index contributed by atoms with van der Waals surface area (Å²) in [7, 11) is 1.65. The minimum absolute atomic E-state index is 0.0842. The lowest BCUT2D eigenvalue weighted by atomic mass is 10.1. The standard InChI is InChI=1S/C17H20N4O2/c1-23-14-5-3-2-4-12(14)9-21-10-13(8-15(21)22)17-18-16(19-20-17)11-6-7-11/h2-5,11,13H,6-10H2,1H3,(H,18,19,20). The third kappa shape index (κ3) is 2.81. The van der Waals surface area contributed by atoms with Crippen molar-refractivity contribution in [3.05, 3.63) is 41.5 Å². The highest BCUT2D eigenvalue weighted by atomic mass is 16.5. The lowest BCUT2D eigenvalue weighted by Gasteiger charge is -2.18. The number of H-pyrrole nitrogens is 1. The molecule has 0 radical (unpaired) electrons. The van der Waals surface area contributed by atoms with Gasteiger partial charge in [0.25, 0.3) is 0 Å². The predicted octanol–water partition coefficient (Wildman–Crippen LogP) is 2.21. The molecule has 2 fully saturated rings. The summed E-state index contributed by atoms with van der Waals surface area (Å²) >= 11 is 0. The summed E-state index contributed by atoms with van der Waals surface area (Å²) < 4.78 is 5.37. The van der Waals surface area contributed by atoms with Crippen LogP contribution in [-0.2, 0) is 11.3 Å². The Morgan fingerprint density at radius 1 is 1.30 bits per heavy atom. The molecular weight excluding hydrogens is 292 g/mol. The molecular formula is C17H20N4O2. The molecule has 1 amide bonds. The Morgan fingerprint density at radius 3 is 2.91 bits per heavy atom. The number of methoxy groups -OCH3 is 1. The van der Waals surface area contributed by atoms with Crippen molar-refractivity contribution in [1.29, 1.82) is 0 Å². The van der Waals surface area contributed by atoms with Crippen LogP contribution < -0.4 is 4.74 Å². The van der Waals surface area contributed by atoms with Crippen molar-refractivity contribution in [3.8, 4) is 5.75 Å². The van der Waals surface area contributed by atoms with E-state index < -0.39 is 0 Å². The minimum Gasteiger partial charge on any atom is -0.496 e. The molecule has 2 heterocycles. The third-order valence-electron chi connectivity index (χ3n) is 4.62. The molecule has 1 aliphatic carbocycles. The molecule has 1 saturated heterocycles. The van der Waals surface area contributed by atoms with E-state index in [0.717, 1.165) is 23.0 Å². The van der Waals surface area contributed by atoms with Gasteiger partial charge in [0.1, 0.15) is 11.6 Å². The third-order valence-corrected chi connectivity index (χ3v) is 4.62. The lowest BCUT2D eigenvalue weighted by Crippen LogP contribution is -2.24. The molecule has 1 N–H and O–H groups in total. The first-order chi connectivity index (χ1) is 11.2. The number of ether oxygens (including phenoxy) is 1. The Kier molecular flexibility index (Phi) is 3.52. The van der Waals surface area contributed by atoms with Crippen LogP contribution in [-0.4, -0.2) is 39.6 Å². The van der Waals surface area contributed by atoms with Crippen LogP contribution in [0.4, 0.5) is 0 Å². The number of hydrogen-bond acceptors (Lipinski definition) is 4. The maximum atomic E-state index is 12.3. The van der Waals surface area contributed by atoms with Gasteiger partial charge in [0.05, 0.1) is 7.11 Å². The van der Waals surface area contributed by atoms with E-state index in [1.54, 1.807) is 7.11 Å². The Morgan fingerprint density at radius 2 is 2.13 bits per heavy atom. The van der Waals surface area contributed by atoms with Crippen LogP contribution in [0.3, 0.4) is 0 Å². The number of para-hydroxylation sites is 1. The number of aromatic amines is 1. The maximum Gasteiger partial charge on any atom is 0.223 e. The number of rotatable bonds is 5.